The zero-order chi connectivity index (χ0) is 28.3. The second kappa shape index (κ2) is 11.8. The molecule has 0 bridgehead atoms. The zero-order valence-corrected chi connectivity index (χ0v) is 23.5. The molecule has 1 amide bonds. The van der Waals surface area contributed by atoms with Crippen LogP contribution in [0.4, 0.5) is 16.0 Å². The molecule has 2 atom stereocenters. The van der Waals surface area contributed by atoms with E-state index in [9.17, 15) is 17.6 Å². The molecule has 2 aromatic rings. The van der Waals surface area contributed by atoms with Crippen molar-refractivity contribution in [2.45, 2.75) is 51.9 Å². The summed E-state index contributed by atoms with van der Waals surface area (Å²) >= 11 is 5.76. The Morgan fingerprint density at radius 2 is 2.10 bits per heavy atom. The Labute approximate surface area is 232 Å². The molecular weight excluding hydrogens is 545 g/mol. The lowest BCUT2D eigenvalue weighted by atomic mass is 9.96. The van der Waals surface area contributed by atoms with Gasteiger partial charge in [-0.1, -0.05) is 23.8 Å². The molecule has 13 heteroatoms. The Bertz CT molecular complexity index is 1460. The number of sulfonamides is 1. The number of carbonyl (C=O) groups is 1. The molecule has 0 radical (unpaired) electrons. The minimum Gasteiger partial charge on any atom is -0.383 e. The molecule has 2 aliphatic rings. The second-order valence-electron chi connectivity index (χ2n) is 9.70. The number of nitrogens with one attached hydrogen (secondary N) is 1. The highest BCUT2D eigenvalue weighted by Gasteiger charge is 2.35. The van der Waals surface area contributed by atoms with Crippen LogP contribution in [-0.4, -0.2) is 64.8 Å². The molecule has 4 rings (SSSR count). The van der Waals surface area contributed by atoms with Gasteiger partial charge >= 0.3 is 0 Å². The van der Waals surface area contributed by atoms with Gasteiger partial charge in [-0.15, -0.1) is 4.40 Å². The topological polar surface area (TPSA) is 134 Å². The third-order valence-electron chi connectivity index (χ3n) is 6.65. The molecule has 10 nitrogen and oxygen atoms in total. The van der Waals surface area contributed by atoms with E-state index in [0.717, 1.165) is 30.4 Å². The van der Waals surface area contributed by atoms with Crippen LogP contribution in [0, 0.1) is 5.82 Å². The van der Waals surface area contributed by atoms with Gasteiger partial charge in [0, 0.05) is 54.7 Å². The largest absolute Gasteiger partial charge is 0.383 e. The molecule has 1 aromatic carbocycles. The number of amidine groups is 1. The SMILES string of the molecule is C/C=C\C(=C/C(N)=NS(C)(=O)=O)C(=O)N1CC[C@H](N2Cc3cnc(Nc4ccc(Cl)c(F)c4)nc3C2)C[C@H]1C. The number of carbonyl (C=O) groups excluding carboxylic acids is 1. The van der Waals surface area contributed by atoms with Gasteiger partial charge in [0.2, 0.25) is 5.95 Å². The van der Waals surface area contributed by atoms with Crippen molar-refractivity contribution in [3.05, 3.63) is 70.3 Å². The molecule has 3 heterocycles. The monoisotopic (exact) mass is 575 g/mol. The van der Waals surface area contributed by atoms with Crippen molar-refractivity contribution in [2.24, 2.45) is 10.1 Å². The van der Waals surface area contributed by atoms with Gasteiger partial charge in [0.05, 0.1) is 17.0 Å². The number of nitrogens with zero attached hydrogens (tertiary/aromatic N) is 5. The third kappa shape index (κ3) is 7.20. The van der Waals surface area contributed by atoms with E-state index in [-0.39, 0.29) is 34.4 Å². The number of amides is 1. The molecule has 0 saturated carbocycles. The van der Waals surface area contributed by atoms with E-state index in [1.807, 2.05) is 6.92 Å². The number of benzene rings is 1. The van der Waals surface area contributed by atoms with Gasteiger partial charge in [-0.25, -0.2) is 22.8 Å². The molecule has 3 N–H and O–H groups in total. The van der Waals surface area contributed by atoms with Crippen molar-refractivity contribution < 1.29 is 17.6 Å². The van der Waals surface area contributed by atoms with Crippen LogP contribution < -0.4 is 11.1 Å². The zero-order valence-electron chi connectivity index (χ0n) is 21.9. The fourth-order valence-corrected chi connectivity index (χ4v) is 5.44. The van der Waals surface area contributed by atoms with Crippen LogP contribution >= 0.6 is 11.6 Å². The number of rotatable bonds is 7. The number of hydrogen-bond acceptors (Lipinski definition) is 7. The standard InChI is InChI=1S/C26H31ClFN7O3S/c1-4-5-17(11-24(29)33-39(3,37)38)25(36)35-9-8-20(10-16(35)2)34-14-18-13-30-26(32-23(18)15-34)31-19-6-7-21(27)22(28)12-19/h4-7,11-13,16,20H,8-10,14-15H2,1-3H3,(H2,29,33)(H,30,31,32)/b5-4-,17-11+/t16-,20+/m1/s1. The summed E-state index contributed by atoms with van der Waals surface area (Å²) in [6.45, 7) is 5.66. The highest BCUT2D eigenvalue weighted by atomic mass is 35.5. The Morgan fingerprint density at radius 1 is 1.33 bits per heavy atom. The molecule has 1 fully saturated rings. The van der Waals surface area contributed by atoms with E-state index in [4.69, 9.17) is 17.3 Å². The molecule has 1 saturated heterocycles. The van der Waals surface area contributed by atoms with Gasteiger partial charge in [-0.2, -0.15) is 0 Å². The number of halogens is 2. The average Bonchev–Trinajstić information content (AvgIpc) is 3.28. The quantitative estimate of drug-likeness (QED) is 0.222. The van der Waals surface area contributed by atoms with Crippen molar-refractivity contribution in [1.82, 2.24) is 19.8 Å². The summed E-state index contributed by atoms with van der Waals surface area (Å²) in [4.78, 5) is 26.5. The summed E-state index contributed by atoms with van der Waals surface area (Å²) in [6.07, 6.45) is 8.85. The van der Waals surface area contributed by atoms with E-state index in [1.54, 1.807) is 36.2 Å². The van der Waals surface area contributed by atoms with Crippen molar-refractivity contribution in [3.63, 3.8) is 0 Å². The van der Waals surface area contributed by atoms with Crippen LogP contribution in [0.15, 0.2) is 52.6 Å². The fourth-order valence-electron chi connectivity index (χ4n) is 4.88. The van der Waals surface area contributed by atoms with Crippen molar-refractivity contribution in [1.29, 1.82) is 0 Å². The van der Waals surface area contributed by atoms with Crippen LogP contribution in [0.25, 0.3) is 0 Å². The number of likely N-dealkylation sites (tertiary alicyclic amines) is 1. The first-order valence-electron chi connectivity index (χ1n) is 12.4. The maximum absolute atomic E-state index is 13.8. The number of hydrogen-bond donors (Lipinski definition) is 2. The molecular formula is C26H31ClFN7O3S. The number of anilines is 2. The second-order valence-corrected chi connectivity index (χ2v) is 11.8. The van der Waals surface area contributed by atoms with Gasteiger partial charge in [0.15, 0.2) is 0 Å². The first-order chi connectivity index (χ1) is 18.4. The predicted octanol–water partition coefficient (Wildman–Crippen LogP) is 3.53. The minimum atomic E-state index is -3.68. The normalized spacial score (nSPS) is 20.9. The first-order valence-corrected chi connectivity index (χ1v) is 14.7. The van der Waals surface area contributed by atoms with Crippen molar-refractivity contribution in [2.75, 3.05) is 18.1 Å². The van der Waals surface area contributed by atoms with Gasteiger partial charge in [-0.05, 0) is 51.0 Å². The Balaban J connectivity index is 1.40. The number of fused-ring (bicyclic) bond motifs is 1. The highest BCUT2D eigenvalue weighted by molar-refractivity contribution is 7.89. The van der Waals surface area contributed by atoms with Crippen LogP contribution in [0.5, 0.6) is 0 Å². The Morgan fingerprint density at radius 3 is 2.77 bits per heavy atom. The summed E-state index contributed by atoms with van der Waals surface area (Å²) in [5, 5.41) is 3.07. The van der Waals surface area contributed by atoms with Gasteiger partial charge < -0.3 is 16.0 Å². The summed E-state index contributed by atoms with van der Waals surface area (Å²) in [5.74, 6) is -0.608. The fraction of sp³-hybridized carbons (Fsp3) is 0.385. The third-order valence-corrected chi connectivity index (χ3v) is 7.50. The van der Waals surface area contributed by atoms with E-state index in [0.29, 0.717) is 31.3 Å². The van der Waals surface area contributed by atoms with Crippen LogP contribution in [0.2, 0.25) is 5.02 Å². The smallest absolute Gasteiger partial charge is 0.254 e. The van der Waals surface area contributed by atoms with Gasteiger partial charge in [0.25, 0.3) is 15.9 Å². The molecule has 208 valence electrons. The number of aromatic nitrogens is 2. The molecule has 0 unspecified atom stereocenters. The van der Waals surface area contributed by atoms with Crippen LogP contribution in [0.3, 0.4) is 0 Å². The van der Waals surface area contributed by atoms with E-state index < -0.39 is 15.8 Å². The van der Waals surface area contributed by atoms with E-state index in [1.165, 1.54) is 18.2 Å². The molecule has 2 aliphatic heterocycles. The van der Waals surface area contributed by atoms with Gasteiger partial charge in [0.1, 0.15) is 11.7 Å². The number of piperidine rings is 1. The lowest BCUT2D eigenvalue weighted by Crippen LogP contribution is -2.50. The summed E-state index contributed by atoms with van der Waals surface area (Å²) < 4.78 is 40.1. The summed E-state index contributed by atoms with van der Waals surface area (Å²) in [7, 11) is -3.68. The molecule has 1 aromatic heterocycles. The minimum absolute atomic E-state index is 0.0482. The number of nitrogens with two attached hydrogens (primary N) is 1. The summed E-state index contributed by atoms with van der Waals surface area (Å²) in [5.41, 5.74) is 8.48. The number of allylic oxidation sites excluding steroid dienone is 1. The van der Waals surface area contributed by atoms with Crippen molar-refractivity contribution >= 4 is 45.0 Å². The van der Waals surface area contributed by atoms with Crippen molar-refractivity contribution in [3.8, 4) is 0 Å². The molecule has 39 heavy (non-hydrogen) atoms. The van der Waals surface area contributed by atoms with E-state index in [2.05, 4.69) is 24.6 Å². The van der Waals surface area contributed by atoms with Crippen LogP contribution in [-0.2, 0) is 27.9 Å². The Kier molecular flexibility index (Phi) is 8.67. The molecule has 0 spiro atoms. The highest BCUT2D eigenvalue weighted by Crippen LogP contribution is 2.31. The maximum Gasteiger partial charge on any atom is 0.254 e. The first kappa shape index (κ1) is 28.7. The van der Waals surface area contributed by atoms with Crippen LogP contribution in [0.1, 0.15) is 37.9 Å². The maximum atomic E-state index is 13.8. The van der Waals surface area contributed by atoms with Gasteiger partial charge in [-0.3, -0.25) is 9.69 Å². The lowest BCUT2D eigenvalue weighted by Gasteiger charge is -2.41. The lowest BCUT2D eigenvalue weighted by molar-refractivity contribution is -0.131. The predicted molar refractivity (Wildman–Crippen MR) is 150 cm³/mol. The molecule has 0 aliphatic carbocycles. The Hall–Kier alpha value is -3.35. The summed E-state index contributed by atoms with van der Waals surface area (Å²) in [6, 6.07) is 4.62. The van der Waals surface area contributed by atoms with E-state index >= 15 is 0 Å². The average molecular weight is 576 g/mol.